The summed E-state index contributed by atoms with van der Waals surface area (Å²) in [4.78, 5) is 45.1. The van der Waals surface area contributed by atoms with Crippen LogP contribution in [0.4, 0.5) is 17.1 Å². The second-order valence-electron chi connectivity index (χ2n) is 10.0. The van der Waals surface area contributed by atoms with Crippen molar-refractivity contribution in [1.82, 2.24) is 9.97 Å². The number of aromatic nitrogens is 2. The van der Waals surface area contributed by atoms with Gasteiger partial charge in [-0.25, -0.2) is 4.79 Å². The number of morpholine rings is 1. The average molecular weight is 548 g/mol. The third-order valence-electron chi connectivity index (χ3n) is 7.23. The van der Waals surface area contributed by atoms with Crippen molar-refractivity contribution in [2.45, 2.75) is 6.92 Å². The Labute approximate surface area is 236 Å². The molecule has 0 unspecified atom stereocenters. The molecule has 206 valence electrons. The topological polar surface area (TPSA) is 119 Å². The maximum absolute atomic E-state index is 13.1. The van der Waals surface area contributed by atoms with Crippen molar-refractivity contribution in [3.63, 3.8) is 0 Å². The van der Waals surface area contributed by atoms with Gasteiger partial charge in [0.25, 0.3) is 11.8 Å². The predicted octanol–water partition coefficient (Wildman–Crippen LogP) is 5.17. The fourth-order valence-electron chi connectivity index (χ4n) is 4.97. The van der Waals surface area contributed by atoms with Gasteiger partial charge in [0.1, 0.15) is 0 Å². The van der Waals surface area contributed by atoms with Crippen molar-refractivity contribution in [3.8, 4) is 11.1 Å². The Kier molecular flexibility index (Phi) is 7.09. The molecule has 41 heavy (non-hydrogen) atoms. The van der Waals surface area contributed by atoms with Gasteiger partial charge in [0.2, 0.25) is 0 Å². The highest BCUT2D eigenvalue weighted by molar-refractivity contribution is 6.06. The van der Waals surface area contributed by atoms with E-state index in [0.717, 1.165) is 54.4 Å². The number of aromatic amines is 2. The van der Waals surface area contributed by atoms with Gasteiger partial charge in [0, 0.05) is 41.3 Å². The molecule has 5 aromatic rings. The molecule has 0 saturated carbocycles. The number of amides is 2. The third kappa shape index (κ3) is 5.75. The molecule has 0 atom stereocenters. The first-order valence-electron chi connectivity index (χ1n) is 13.4. The van der Waals surface area contributed by atoms with E-state index in [4.69, 9.17) is 4.74 Å². The molecule has 0 radical (unpaired) electrons. The largest absolute Gasteiger partial charge is 0.378 e. The number of H-pyrrole nitrogens is 2. The van der Waals surface area contributed by atoms with E-state index >= 15 is 0 Å². The summed E-state index contributed by atoms with van der Waals surface area (Å²) < 4.78 is 5.42. The van der Waals surface area contributed by atoms with Gasteiger partial charge < -0.3 is 30.2 Å². The molecule has 0 aliphatic carbocycles. The van der Waals surface area contributed by atoms with Crippen LogP contribution in [0.2, 0.25) is 0 Å². The van der Waals surface area contributed by atoms with Gasteiger partial charge in [-0.1, -0.05) is 18.2 Å². The molecule has 1 fully saturated rings. The van der Waals surface area contributed by atoms with E-state index in [0.29, 0.717) is 27.8 Å². The van der Waals surface area contributed by atoms with Gasteiger partial charge in [0.15, 0.2) is 0 Å². The number of rotatable bonds is 6. The van der Waals surface area contributed by atoms with Crippen LogP contribution in [0.25, 0.3) is 22.2 Å². The zero-order chi connectivity index (χ0) is 28.3. The van der Waals surface area contributed by atoms with Crippen LogP contribution < -0.4 is 21.2 Å². The van der Waals surface area contributed by atoms with Crippen LogP contribution in [-0.2, 0) is 4.74 Å². The van der Waals surface area contributed by atoms with Crippen LogP contribution in [0.15, 0.2) is 89.7 Å². The van der Waals surface area contributed by atoms with Gasteiger partial charge in [0.05, 0.1) is 24.2 Å². The summed E-state index contributed by atoms with van der Waals surface area (Å²) in [6.07, 6.45) is 0. The summed E-state index contributed by atoms with van der Waals surface area (Å²) in [5.74, 6) is -0.458. The van der Waals surface area contributed by atoms with Crippen LogP contribution in [0.5, 0.6) is 0 Å². The number of hydrogen-bond acceptors (Lipinski definition) is 5. The summed E-state index contributed by atoms with van der Waals surface area (Å²) in [6.45, 7) is 5.15. The standard InChI is InChI=1S/C32H29N5O4/c1-20-2-3-23(31(39)33-24-8-11-26(12-9-24)37-14-16-41-17-15-37)18-27(20)21-4-6-22(7-5-21)30(38)34-25-10-13-28-29(19-25)36-32(40)35-28/h2-13,18-19H,14-17H2,1H3,(H,33,39)(H,34,38)(H2,35,36,40). The van der Waals surface area contributed by atoms with Crippen molar-refractivity contribution < 1.29 is 14.3 Å². The van der Waals surface area contributed by atoms with Crippen LogP contribution in [0.3, 0.4) is 0 Å². The Morgan fingerprint density at radius 3 is 2.12 bits per heavy atom. The van der Waals surface area contributed by atoms with Crippen molar-refractivity contribution >= 4 is 39.9 Å². The lowest BCUT2D eigenvalue weighted by molar-refractivity contribution is 0.101. The molecule has 9 heteroatoms. The Morgan fingerprint density at radius 2 is 1.37 bits per heavy atom. The molecule has 4 N–H and O–H groups in total. The van der Waals surface area contributed by atoms with Crippen LogP contribution in [0, 0.1) is 6.92 Å². The van der Waals surface area contributed by atoms with Crippen molar-refractivity contribution in [1.29, 1.82) is 0 Å². The summed E-state index contributed by atoms with van der Waals surface area (Å²) in [6, 6.07) is 25.9. The SMILES string of the molecule is Cc1ccc(C(=O)Nc2ccc(N3CCOCC3)cc2)cc1-c1ccc(C(=O)Nc2ccc3[nH]c(=O)[nH]c3c2)cc1. The van der Waals surface area contributed by atoms with Gasteiger partial charge in [-0.05, 0) is 90.3 Å². The number of carbonyl (C=O) groups is 2. The van der Waals surface area contributed by atoms with Gasteiger partial charge >= 0.3 is 5.69 Å². The summed E-state index contributed by atoms with van der Waals surface area (Å²) in [5, 5.41) is 5.85. The molecule has 1 aliphatic heterocycles. The number of aryl methyl sites for hydroxylation is 1. The molecular weight excluding hydrogens is 518 g/mol. The zero-order valence-corrected chi connectivity index (χ0v) is 22.5. The highest BCUT2D eigenvalue weighted by Crippen LogP contribution is 2.26. The van der Waals surface area contributed by atoms with Gasteiger partial charge in [-0.3, -0.25) is 9.59 Å². The van der Waals surface area contributed by atoms with Crippen molar-refractivity contribution in [2.24, 2.45) is 0 Å². The molecule has 0 spiro atoms. The molecular formula is C32H29N5O4. The molecule has 9 nitrogen and oxygen atoms in total. The van der Waals surface area contributed by atoms with E-state index in [1.54, 1.807) is 30.3 Å². The van der Waals surface area contributed by atoms with E-state index in [-0.39, 0.29) is 17.5 Å². The Balaban J connectivity index is 1.14. The molecule has 1 aromatic heterocycles. The lowest BCUT2D eigenvalue weighted by Crippen LogP contribution is -2.36. The molecule has 4 aromatic carbocycles. The lowest BCUT2D eigenvalue weighted by atomic mass is 9.97. The monoisotopic (exact) mass is 547 g/mol. The summed E-state index contributed by atoms with van der Waals surface area (Å²) in [5.41, 5.74) is 7.27. The number of nitrogens with zero attached hydrogens (tertiary/aromatic N) is 1. The van der Waals surface area contributed by atoms with E-state index in [2.05, 4.69) is 25.5 Å². The maximum Gasteiger partial charge on any atom is 0.323 e. The first-order chi connectivity index (χ1) is 19.9. The van der Waals surface area contributed by atoms with Crippen molar-refractivity contribution in [3.05, 3.63) is 112 Å². The third-order valence-corrected chi connectivity index (χ3v) is 7.23. The van der Waals surface area contributed by atoms with Crippen LogP contribution in [-0.4, -0.2) is 48.1 Å². The van der Waals surface area contributed by atoms with Gasteiger partial charge in [-0.15, -0.1) is 0 Å². The number of carbonyl (C=O) groups excluding carboxylic acids is 2. The lowest BCUT2D eigenvalue weighted by Gasteiger charge is -2.28. The Morgan fingerprint density at radius 1 is 0.732 bits per heavy atom. The van der Waals surface area contributed by atoms with E-state index in [1.165, 1.54) is 0 Å². The molecule has 2 amide bonds. The second kappa shape index (κ2) is 11.1. The van der Waals surface area contributed by atoms with Gasteiger partial charge in [-0.2, -0.15) is 0 Å². The molecule has 1 aliphatic rings. The van der Waals surface area contributed by atoms with Crippen molar-refractivity contribution in [2.75, 3.05) is 41.8 Å². The fourth-order valence-corrected chi connectivity index (χ4v) is 4.97. The number of fused-ring (bicyclic) bond motifs is 1. The molecule has 0 bridgehead atoms. The van der Waals surface area contributed by atoms with E-state index in [1.807, 2.05) is 61.5 Å². The number of nitrogens with one attached hydrogen (secondary N) is 4. The second-order valence-corrected chi connectivity index (χ2v) is 10.0. The number of ether oxygens (including phenoxy) is 1. The molecule has 1 saturated heterocycles. The molecule has 2 heterocycles. The minimum atomic E-state index is -0.297. The summed E-state index contributed by atoms with van der Waals surface area (Å²) in [7, 11) is 0. The predicted molar refractivity (Wildman–Crippen MR) is 161 cm³/mol. The number of hydrogen-bond donors (Lipinski definition) is 4. The summed E-state index contributed by atoms with van der Waals surface area (Å²) >= 11 is 0. The average Bonchev–Trinajstić information content (AvgIpc) is 3.37. The molecule has 6 rings (SSSR count). The Hall–Kier alpha value is -5.15. The van der Waals surface area contributed by atoms with E-state index < -0.39 is 0 Å². The zero-order valence-electron chi connectivity index (χ0n) is 22.5. The number of anilines is 3. The minimum absolute atomic E-state index is 0.192. The normalized spacial score (nSPS) is 13.2. The minimum Gasteiger partial charge on any atom is -0.378 e. The first kappa shape index (κ1) is 26.1. The highest BCUT2D eigenvalue weighted by atomic mass is 16.5. The van der Waals surface area contributed by atoms with Crippen LogP contribution in [0.1, 0.15) is 26.3 Å². The number of benzene rings is 4. The Bertz CT molecular complexity index is 1780. The van der Waals surface area contributed by atoms with Crippen LogP contribution >= 0.6 is 0 Å². The number of imidazole rings is 1. The first-order valence-corrected chi connectivity index (χ1v) is 13.4. The maximum atomic E-state index is 13.1. The quantitative estimate of drug-likeness (QED) is 0.234. The highest BCUT2D eigenvalue weighted by Gasteiger charge is 2.14. The smallest absolute Gasteiger partial charge is 0.323 e. The fraction of sp³-hybridized carbons (Fsp3) is 0.156. The van der Waals surface area contributed by atoms with E-state index in [9.17, 15) is 14.4 Å².